The highest BCUT2D eigenvalue weighted by Gasteiger charge is 2.21. The lowest BCUT2D eigenvalue weighted by molar-refractivity contribution is 0.0950. The van der Waals surface area contributed by atoms with Gasteiger partial charge in [-0.25, -0.2) is 13.1 Å². The molecule has 33 heavy (non-hydrogen) atoms. The van der Waals surface area contributed by atoms with Gasteiger partial charge >= 0.3 is 0 Å². The van der Waals surface area contributed by atoms with Crippen molar-refractivity contribution in [3.63, 3.8) is 0 Å². The molecule has 1 heterocycles. The van der Waals surface area contributed by atoms with Crippen LogP contribution in [0.3, 0.4) is 0 Å². The largest absolute Gasteiger partial charge is 0.495 e. The number of amides is 1. The topological polar surface area (TPSA) is 97.0 Å². The molecule has 0 atom stereocenters. The van der Waals surface area contributed by atoms with E-state index < -0.39 is 10.0 Å². The van der Waals surface area contributed by atoms with E-state index in [-0.39, 0.29) is 35.3 Å². The van der Waals surface area contributed by atoms with Gasteiger partial charge in [-0.1, -0.05) is 30.7 Å². The minimum atomic E-state index is -3.85. The van der Waals surface area contributed by atoms with Gasteiger partial charge in [-0.3, -0.25) is 9.69 Å². The van der Waals surface area contributed by atoms with Crippen LogP contribution in [0, 0.1) is 0 Å². The Bertz CT molecular complexity index is 1020. The number of methoxy groups -OCH3 is 2. The quantitative estimate of drug-likeness (QED) is 0.485. The van der Waals surface area contributed by atoms with Crippen molar-refractivity contribution in [2.24, 2.45) is 0 Å². The lowest BCUT2D eigenvalue weighted by atomic mass is 10.1. The van der Waals surface area contributed by atoms with Crippen LogP contribution in [0.1, 0.15) is 40.7 Å². The molecule has 1 aliphatic heterocycles. The fourth-order valence-electron chi connectivity index (χ4n) is 3.81. The maximum atomic E-state index is 12.7. The van der Waals surface area contributed by atoms with Gasteiger partial charge in [-0.15, -0.1) is 0 Å². The summed E-state index contributed by atoms with van der Waals surface area (Å²) in [5, 5.41) is 2.86. The first kappa shape index (κ1) is 25.2. The Morgan fingerprint density at radius 2 is 1.70 bits per heavy atom. The number of sulfonamides is 1. The molecule has 3 rings (SSSR count). The molecule has 2 aromatic rings. The molecule has 1 aliphatic rings. The molecule has 0 radical (unpaired) electrons. The summed E-state index contributed by atoms with van der Waals surface area (Å²) in [7, 11) is -0.979. The van der Waals surface area contributed by atoms with Crippen LogP contribution >= 0.6 is 0 Å². The third kappa shape index (κ3) is 7.26. The summed E-state index contributed by atoms with van der Waals surface area (Å²) in [6.45, 7) is 3.96. The minimum absolute atomic E-state index is 0.0872. The fourth-order valence-corrected chi connectivity index (χ4v) is 5.01. The van der Waals surface area contributed by atoms with Gasteiger partial charge < -0.3 is 14.8 Å². The zero-order valence-electron chi connectivity index (χ0n) is 19.3. The second-order valence-electron chi connectivity index (χ2n) is 8.09. The second kappa shape index (κ2) is 12.1. The number of ether oxygens (including phenoxy) is 2. The van der Waals surface area contributed by atoms with Crippen LogP contribution in [0.4, 0.5) is 0 Å². The molecule has 8 nitrogen and oxygen atoms in total. The number of rotatable bonds is 11. The first-order valence-electron chi connectivity index (χ1n) is 11.2. The van der Waals surface area contributed by atoms with Crippen molar-refractivity contribution in [3.8, 4) is 5.75 Å². The zero-order chi connectivity index (χ0) is 23.7. The van der Waals surface area contributed by atoms with Gasteiger partial charge in [0.15, 0.2) is 0 Å². The molecule has 1 saturated heterocycles. The van der Waals surface area contributed by atoms with E-state index in [2.05, 4.69) is 27.1 Å². The molecule has 0 saturated carbocycles. The van der Waals surface area contributed by atoms with Crippen LogP contribution in [-0.2, 0) is 27.8 Å². The highest BCUT2D eigenvalue weighted by molar-refractivity contribution is 7.89. The molecule has 180 valence electrons. The number of nitrogens with one attached hydrogen (secondary N) is 2. The lowest BCUT2D eigenvalue weighted by Gasteiger charge is -2.26. The Labute approximate surface area is 196 Å². The van der Waals surface area contributed by atoms with Crippen molar-refractivity contribution in [1.82, 2.24) is 14.9 Å². The predicted octanol–water partition coefficient (Wildman–Crippen LogP) is 2.54. The van der Waals surface area contributed by atoms with Crippen molar-refractivity contribution in [2.75, 3.05) is 40.5 Å². The van der Waals surface area contributed by atoms with E-state index in [0.717, 1.165) is 25.2 Å². The van der Waals surface area contributed by atoms with Gasteiger partial charge in [0.2, 0.25) is 10.0 Å². The molecular formula is C24H33N3O5S. The Morgan fingerprint density at radius 1 is 1.00 bits per heavy atom. The number of hydrogen-bond acceptors (Lipinski definition) is 6. The maximum absolute atomic E-state index is 12.7. The van der Waals surface area contributed by atoms with Crippen molar-refractivity contribution in [3.05, 3.63) is 59.2 Å². The van der Waals surface area contributed by atoms with E-state index in [1.807, 2.05) is 12.1 Å². The van der Waals surface area contributed by atoms with Crippen LogP contribution < -0.4 is 14.8 Å². The standard InChI is InChI=1S/C24H33N3O5S/c1-31-15-12-26-33(29,30)23-16-21(10-11-22(23)32-2)24(28)25-17-19-6-8-20(9-7-19)18-27-13-4-3-5-14-27/h6-11,16,26H,3-5,12-15,17-18H2,1-2H3,(H,25,28). The maximum Gasteiger partial charge on any atom is 0.251 e. The van der Waals surface area contributed by atoms with E-state index in [1.54, 1.807) is 6.07 Å². The Hall–Kier alpha value is -2.46. The smallest absolute Gasteiger partial charge is 0.251 e. The van der Waals surface area contributed by atoms with Crippen LogP contribution in [0.2, 0.25) is 0 Å². The molecule has 0 aromatic heterocycles. The third-order valence-corrected chi connectivity index (χ3v) is 7.13. The summed E-state index contributed by atoms with van der Waals surface area (Å²) < 4.78 is 37.8. The summed E-state index contributed by atoms with van der Waals surface area (Å²) in [6.07, 6.45) is 3.85. The van der Waals surface area contributed by atoms with E-state index in [4.69, 9.17) is 9.47 Å². The number of carbonyl (C=O) groups excluding carboxylic acids is 1. The summed E-state index contributed by atoms with van der Waals surface area (Å²) in [5.41, 5.74) is 2.48. The predicted molar refractivity (Wildman–Crippen MR) is 127 cm³/mol. The van der Waals surface area contributed by atoms with Crippen molar-refractivity contribution < 1.29 is 22.7 Å². The zero-order valence-corrected chi connectivity index (χ0v) is 20.1. The summed E-state index contributed by atoms with van der Waals surface area (Å²) in [5.74, 6) is -0.191. The van der Waals surface area contributed by atoms with E-state index in [9.17, 15) is 13.2 Å². The molecule has 9 heteroatoms. The number of nitrogens with zero attached hydrogens (tertiary/aromatic N) is 1. The summed E-state index contributed by atoms with van der Waals surface area (Å²) in [4.78, 5) is 15.1. The van der Waals surface area contributed by atoms with Gasteiger partial charge in [-0.05, 0) is 55.3 Å². The van der Waals surface area contributed by atoms with Crippen LogP contribution in [0.25, 0.3) is 0 Å². The van der Waals surface area contributed by atoms with E-state index >= 15 is 0 Å². The average Bonchev–Trinajstić information content (AvgIpc) is 2.83. The van der Waals surface area contributed by atoms with Crippen molar-refractivity contribution in [1.29, 1.82) is 0 Å². The molecule has 0 unspecified atom stereocenters. The molecule has 2 aromatic carbocycles. The first-order chi connectivity index (χ1) is 15.9. The average molecular weight is 476 g/mol. The van der Waals surface area contributed by atoms with Gasteiger partial charge in [0.05, 0.1) is 13.7 Å². The molecule has 1 fully saturated rings. The number of hydrogen-bond donors (Lipinski definition) is 2. The van der Waals surface area contributed by atoms with Gasteiger partial charge in [0.1, 0.15) is 10.6 Å². The molecular weight excluding hydrogens is 442 g/mol. The summed E-state index contributed by atoms with van der Waals surface area (Å²) in [6, 6.07) is 12.6. The van der Waals surface area contributed by atoms with Crippen molar-refractivity contribution in [2.45, 2.75) is 37.2 Å². The number of benzene rings is 2. The van der Waals surface area contributed by atoms with Crippen molar-refractivity contribution >= 4 is 15.9 Å². The molecule has 2 N–H and O–H groups in total. The normalized spacial score (nSPS) is 14.7. The Morgan fingerprint density at radius 3 is 2.36 bits per heavy atom. The lowest BCUT2D eigenvalue weighted by Crippen LogP contribution is -2.29. The summed E-state index contributed by atoms with van der Waals surface area (Å²) >= 11 is 0. The molecule has 1 amide bonds. The minimum Gasteiger partial charge on any atom is -0.495 e. The van der Waals surface area contributed by atoms with E-state index in [1.165, 1.54) is 51.2 Å². The molecule has 0 aliphatic carbocycles. The van der Waals surface area contributed by atoms with Gasteiger partial charge in [0.25, 0.3) is 5.91 Å². The van der Waals surface area contributed by atoms with Crippen LogP contribution in [0.5, 0.6) is 5.75 Å². The molecule has 0 spiro atoms. The number of likely N-dealkylation sites (tertiary alicyclic amines) is 1. The number of piperidine rings is 1. The Kier molecular flexibility index (Phi) is 9.25. The third-order valence-electron chi connectivity index (χ3n) is 5.64. The van der Waals surface area contributed by atoms with Gasteiger partial charge in [0, 0.05) is 32.3 Å². The monoisotopic (exact) mass is 475 g/mol. The highest BCUT2D eigenvalue weighted by atomic mass is 32.2. The van der Waals surface area contributed by atoms with Crippen LogP contribution in [-0.4, -0.2) is 59.7 Å². The highest BCUT2D eigenvalue weighted by Crippen LogP contribution is 2.25. The molecule has 0 bridgehead atoms. The fraction of sp³-hybridized carbons (Fsp3) is 0.458. The first-order valence-corrected chi connectivity index (χ1v) is 12.7. The van der Waals surface area contributed by atoms with E-state index in [0.29, 0.717) is 6.54 Å². The Balaban J connectivity index is 1.61. The SMILES string of the molecule is COCCNS(=O)(=O)c1cc(C(=O)NCc2ccc(CN3CCCCC3)cc2)ccc1OC. The number of carbonyl (C=O) groups is 1. The van der Waals surface area contributed by atoms with Crippen LogP contribution in [0.15, 0.2) is 47.4 Å². The van der Waals surface area contributed by atoms with Gasteiger partial charge in [-0.2, -0.15) is 0 Å². The second-order valence-corrected chi connectivity index (χ2v) is 9.83.